The van der Waals surface area contributed by atoms with Crippen molar-refractivity contribution >= 4 is 45.9 Å². The molecule has 18 heavy (non-hydrogen) atoms. The number of hydrogen-bond donors (Lipinski definition) is 2. The van der Waals surface area contributed by atoms with Crippen LogP contribution in [0.2, 0.25) is 0 Å². The van der Waals surface area contributed by atoms with Crippen LogP contribution in [0.4, 0.5) is 4.39 Å². The van der Waals surface area contributed by atoms with Gasteiger partial charge >= 0.3 is 0 Å². The molecule has 0 aromatic heterocycles. The van der Waals surface area contributed by atoms with Crippen molar-refractivity contribution in [3.05, 3.63) is 34.1 Å². The Morgan fingerprint density at radius 3 is 2.44 bits per heavy atom. The summed E-state index contributed by atoms with van der Waals surface area (Å²) in [6.07, 6.45) is 0. The van der Waals surface area contributed by atoms with E-state index >= 15 is 0 Å². The first-order valence-electron chi connectivity index (χ1n) is 5.63. The lowest BCUT2D eigenvalue weighted by Gasteiger charge is -2.09. The molecule has 0 unspecified atom stereocenters. The number of nitrogens with one attached hydrogen (secondary N) is 2. The maximum Gasteiger partial charge on any atom is 0.191 e. The minimum Gasteiger partial charge on any atom is -0.357 e. The molecule has 0 aliphatic heterocycles. The van der Waals surface area contributed by atoms with E-state index in [2.05, 4.69) is 31.6 Å². The van der Waals surface area contributed by atoms with Crippen LogP contribution in [0.1, 0.15) is 19.4 Å². The third-order valence-corrected chi connectivity index (χ3v) is 2.88. The number of aliphatic imine (C=N–C) groups is 1. The summed E-state index contributed by atoms with van der Waals surface area (Å²) in [5.41, 5.74) is 0.832. The first kappa shape index (κ1) is 17.6. The molecule has 0 aliphatic rings. The van der Waals surface area contributed by atoms with Gasteiger partial charge in [-0.1, -0.05) is 15.9 Å². The fourth-order valence-corrected chi connectivity index (χ4v) is 1.71. The fraction of sp³-hybridized carbons (Fsp3) is 0.417. The number of hydrogen-bond acceptors (Lipinski definition) is 1. The first-order chi connectivity index (χ1) is 8.17. The molecule has 0 radical (unpaired) electrons. The molecule has 0 heterocycles. The van der Waals surface area contributed by atoms with Crippen LogP contribution in [0.25, 0.3) is 0 Å². The van der Waals surface area contributed by atoms with Crippen molar-refractivity contribution in [1.29, 1.82) is 0 Å². The van der Waals surface area contributed by atoms with E-state index in [4.69, 9.17) is 0 Å². The molecule has 1 aromatic rings. The summed E-state index contributed by atoms with van der Waals surface area (Å²) in [5, 5.41) is 6.24. The van der Waals surface area contributed by atoms with Crippen LogP contribution < -0.4 is 10.6 Å². The molecule has 0 spiro atoms. The Balaban J connectivity index is 0.00000289. The van der Waals surface area contributed by atoms with Gasteiger partial charge in [0.1, 0.15) is 5.82 Å². The summed E-state index contributed by atoms with van der Waals surface area (Å²) >= 11 is 3.38. The molecule has 1 aromatic carbocycles. The second-order valence-electron chi connectivity index (χ2n) is 3.46. The van der Waals surface area contributed by atoms with Crippen LogP contribution >= 0.6 is 39.9 Å². The predicted molar refractivity (Wildman–Crippen MR) is 88.0 cm³/mol. The topological polar surface area (TPSA) is 36.4 Å². The standard InChI is InChI=1S/C12H17BrFN3.HI/c1-3-15-12(16-4-2)17-8-9-7-10(14)5-6-11(9)13;/h5-7H,3-4,8H2,1-2H3,(H2,15,16,17);1H. The van der Waals surface area contributed by atoms with Crippen LogP contribution in [-0.2, 0) is 6.54 Å². The van der Waals surface area contributed by atoms with Gasteiger partial charge in [0, 0.05) is 17.6 Å². The Hall–Kier alpha value is -0.370. The van der Waals surface area contributed by atoms with Gasteiger partial charge in [-0.15, -0.1) is 24.0 Å². The van der Waals surface area contributed by atoms with Gasteiger partial charge in [-0.05, 0) is 37.6 Å². The van der Waals surface area contributed by atoms with E-state index in [9.17, 15) is 4.39 Å². The highest BCUT2D eigenvalue weighted by Gasteiger charge is 2.02. The van der Waals surface area contributed by atoms with E-state index in [0.717, 1.165) is 29.1 Å². The average Bonchev–Trinajstić information content (AvgIpc) is 2.30. The SMILES string of the molecule is CCNC(=NCc1cc(F)ccc1Br)NCC.I. The van der Waals surface area contributed by atoms with Crippen molar-refractivity contribution in [2.75, 3.05) is 13.1 Å². The van der Waals surface area contributed by atoms with Crippen molar-refractivity contribution in [3.63, 3.8) is 0 Å². The molecule has 0 bridgehead atoms. The molecule has 1 rings (SSSR count). The lowest BCUT2D eigenvalue weighted by molar-refractivity contribution is 0.625. The highest BCUT2D eigenvalue weighted by Crippen LogP contribution is 2.18. The minimum absolute atomic E-state index is 0. The van der Waals surface area contributed by atoms with Gasteiger partial charge in [0.25, 0.3) is 0 Å². The van der Waals surface area contributed by atoms with Gasteiger partial charge in [0.05, 0.1) is 6.54 Å². The first-order valence-corrected chi connectivity index (χ1v) is 6.42. The van der Waals surface area contributed by atoms with Gasteiger partial charge in [-0.3, -0.25) is 0 Å². The molecule has 2 N–H and O–H groups in total. The van der Waals surface area contributed by atoms with Crippen LogP contribution in [-0.4, -0.2) is 19.0 Å². The minimum atomic E-state index is -0.244. The van der Waals surface area contributed by atoms with Crippen molar-refractivity contribution in [3.8, 4) is 0 Å². The van der Waals surface area contributed by atoms with E-state index in [0.29, 0.717) is 6.54 Å². The van der Waals surface area contributed by atoms with Crippen molar-refractivity contribution in [2.24, 2.45) is 4.99 Å². The van der Waals surface area contributed by atoms with E-state index < -0.39 is 0 Å². The van der Waals surface area contributed by atoms with E-state index in [1.165, 1.54) is 12.1 Å². The molecule has 102 valence electrons. The summed E-state index contributed by atoms with van der Waals surface area (Å²) in [5.74, 6) is 0.498. The molecule has 0 saturated carbocycles. The largest absolute Gasteiger partial charge is 0.357 e. The molecule has 0 fully saturated rings. The average molecular weight is 430 g/mol. The zero-order valence-corrected chi connectivity index (χ0v) is 14.4. The molecule has 0 amide bonds. The quantitative estimate of drug-likeness (QED) is 0.437. The maximum absolute atomic E-state index is 13.1. The van der Waals surface area contributed by atoms with Crippen LogP contribution in [0.5, 0.6) is 0 Å². The summed E-state index contributed by atoms with van der Waals surface area (Å²) < 4.78 is 13.9. The predicted octanol–water partition coefficient (Wildman–Crippen LogP) is 3.28. The van der Waals surface area contributed by atoms with E-state index in [1.807, 2.05) is 13.8 Å². The molecule has 0 atom stereocenters. The molecular weight excluding hydrogens is 412 g/mol. The number of nitrogens with zero attached hydrogens (tertiary/aromatic N) is 1. The smallest absolute Gasteiger partial charge is 0.191 e. The second-order valence-corrected chi connectivity index (χ2v) is 4.32. The van der Waals surface area contributed by atoms with E-state index in [1.54, 1.807) is 6.07 Å². The fourth-order valence-electron chi connectivity index (χ4n) is 1.34. The number of rotatable bonds is 4. The zero-order valence-electron chi connectivity index (χ0n) is 10.5. The lowest BCUT2D eigenvalue weighted by Crippen LogP contribution is -2.36. The summed E-state index contributed by atoms with van der Waals surface area (Å²) in [4.78, 5) is 4.37. The van der Waals surface area contributed by atoms with Crippen molar-refractivity contribution in [1.82, 2.24) is 10.6 Å². The maximum atomic E-state index is 13.1. The molecule has 6 heteroatoms. The molecular formula is C12H18BrFIN3. The van der Waals surface area contributed by atoms with E-state index in [-0.39, 0.29) is 29.8 Å². The third kappa shape index (κ3) is 5.99. The number of halogens is 3. The Labute approximate surface area is 133 Å². The summed E-state index contributed by atoms with van der Waals surface area (Å²) in [6.45, 7) is 6.05. The number of benzene rings is 1. The Bertz CT molecular complexity index is 391. The molecule has 0 aliphatic carbocycles. The second kappa shape index (κ2) is 9.55. The molecule has 0 saturated heterocycles. The summed E-state index contributed by atoms with van der Waals surface area (Å²) in [7, 11) is 0. The zero-order chi connectivity index (χ0) is 12.7. The van der Waals surface area contributed by atoms with Gasteiger partial charge in [0.2, 0.25) is 0 Å². The van der Waals surface area contributed by atoms with Crippen LogP contribution in [0.3, 0.4) is 0 Å². The highest BCUT2D eigenvalue weighted by atomic mass is 127. The Morgan fingerprint density at radius 1 is 1.28 bits per heavy atom. The Morgan fingerprint density at radius 2 is 1.89 bits per heavy atom. The van der Waals surface area contributed by atoms with Gasteiger partial charge in [0.15, 0.2) is 5.96 Å². The monoisotopic (exact) mass is 429 g/mol. The van der Waals surface area contributed by atoms with Crippen molar-refractivity contribution in [2.45, 2.75) is 20.4 Å². The van der Waals surface area contributed by atoms with Gasteiger partial charge in [-0.25, -0.2) is 9.38 Å². The Kier molecular flexibility index (Phi) is 9.35. The lowest BCUT2D eigenvalue weighted by atomic mass is 10.2. The van der Waals surface area contributed by atoms with Crippen LogP contribution in [0.15, 0.2) is 27.7 Å². The molecule has 3 nitrogen and oxygen atoms in total. The van der Waals surface area contributed by atoms with Gasteiger partial charge < -0.3 is 10.6 Å². The van der Waals surface area contributed by atoms with Crippen LogP contribution in [0, 0.1) is 5.82 Å². The van der Waals surface area contributed by atoms with Gasteiger partial charge in [-0.2, -0.15) is 0 Å². The normalized spacial score (nSPS) is 9.33. The highest BCUT2D eigenvalue weighted by molar-refractivity contribution is 14.0. The number of guanidine groups is 1. The summed E-state index contributed by atoms with van der Waals surface area (Å²) in [6, 6.07) is 4.61. The third-order valence-electron chi connectivity index (χ3n) is 2.10. The van der Waals surface area contributed by atoms with Crippen molar-refractivity contribution < 1.29 is 4.39 Å².